The van der Waals surface area contributed by atoms with Crippen LogP contribution in [-0.2, 0) is 16.6 Å². The first-order valence-corrected chi connectivity index (χ1v) is 8.02. The van der Waals surface area contributed by atoms with Crippen LogP contribution < -0.4 is 10.5 Å². The van der Waals surface area contributed by atoms with Crippen molar-refractivity contribution in [2.24, 2.45) is 5.73 Å². The van der Waals surface area contributed by atoms with Crippen LogP contribution in [0.3, 0.4) is 0 Å². The molecule has 0 bridgehead atoms. The lowest BCUT2D eigenvalue weighted by molar-refractivity contribution is 0.583. The molecule has 108 valence electrons. The van der Waals surface area contributed by atoms with E-state index in [2.05, 4.69) is 0 Å². The van der Waals surface area contributed by atoms with Crippen molar-refractivity contribution < 1.29 is 17.2 Å². The van der Waals surface area contributed by atoms with Gasteiger partial charge >= 0.3 is 0 Å². The zero-order valence-electron chi connectivity index (χ0n) is 9.86. The fourth-order valence-corrected chi connectivity index (χ4v) is 4.03. The smallest absolute Gasteiger partial charge is 0.271 e. The van der Waals surface area contributed by atoms with Crippen LogP contribution in [0.2, 0.25) is 5.02 Å². The summed E-state index contributed by atoms with van der Waals surface area (Å²) in [6.45, 7) is 0.192. The highest BCUT2D eigenvalue weighted by Gasteiger charge is 2.21. The van der Waals surface area contributed by atoms with Gasteiger partial charge in [-0.3, -0.25) is 4.72 Å². The van der Waals surface area contributed by atoms with Crippen molar-refractivity contribution in [3.05, 3.63) is 45.8 Å². The van der Waals surface area contributed by atoms with Gasteiger partial charge in [0.2, 0.25) is 0 Å². The first kappa shape index (κ1) is 15.2. The van der Waals surface area contributed by atoms with E-state index < -0.39 is 27.3 Å². The van der Waals surface area contributed by atoms with E-state index in [0.29, 0.717) is 11.6 Å². The number of halogens is 3. The maximum Gasteiger partial charge on any atom is 0.271 e. The van der Waals surface area contributed by atoms with E-state index >= 15 is 0 Å². The van der Waals surface area contributed by atoms with Crippen LogP contribution in [0.15, 0.2) is 27.8 Å². The Hall–Kier alpha value is -1.22. The van der Waals surface area contributed by atoms with Crippen LogP contribution in [0.25, 0.3) is 0 Å². The SMILES string of the molecule is NCc1csc(S(=O)(=O)Nc2c(F)cc(F)cc2Cl)c1. The number of thiophene rings is 1. The number of nitrogens with one attached hydrogen (secondary N) is 1. The number of nitrogens with two attached hydrogens (primary N) is 1. The van der Waals surface area contributed by atoms with E-state index in [1.165, 1.54) is 6.07 Å². The molecule has 0 aliphatic heterocycles. The fourth-order valence-electron chi connectivity index (χ4n) is 1.43. The topological polar surface area (TPSA) is 72.2 Å². The molecule has 0 aliphatic carbocycles. The molecule has 0 radical (unpaired) electrons. The summed E-state index contributed by atoms with van der Waals surface area (Å²) in [5.41, 5.74) is 5.54. The van der Waals surface area contributed by atoms with Gasteiger partial charge in [-0.05, 0) is 23.1 Å². The predicted octanol–water partition coefficient (Wildman–Crippen LogP) is 2.94. The molecular formula is C11H9ClF2N2O2S2. The Bertz CT molecular complexity index is 724. The Morgan fingerprint density at radius 3 is 2.55 bits per heavy atom. The third-order valence-corrected chi connectivity index (χ3v) is 5.51. The van der Waals surface area contributed by atoms with E-state index in [1.807, 2.05) is 4.72 Å². The molecule has 0 spiro atoms. The second kappa shape index (κ2) is 5.65. The summed E-state index contributed by atoms with van der Waals surface area (Å²) in [5.74, 6) is -1.98. The van der Waals surface area contributed by atoms with Crippen LogP contribution in [0.5, 0.6) is 0 Å². The van der Waals surface area contributed by atoms with E-state index in [1.54, 1.807) is 5.38 Å². The number of sulfonamides is 1. The Balaban J connectivity index is 2.38. The quantitative estimate of drug-likeness (QED) is 0.900. The number of benzene rings is 1. The molecule has 9 heteroatoms. The van der Waals surface area contributed by atoms with Crippen molar-refractivity contribution in [3.8, 4) is 0 Å². The summed E-state index contributed by atoms with van der Waals surface area (Å²) in [6.07, 6.45) is 0. The van der Waals surface area contributed by atoms with Gasteiger partial charge < -0.3 is 5.73 Å². The number of hydrogen-bond donors (Lipinski definition) is 2. The maximum atomic E-state index is 13.6. The van der Waals surface area contributed by atoms with Crippen molar-refractivity contribution in [1.29, 1.82) is 0 Å². The first-order chi connectivity index (χ1) is 9.33. The lowest BCUT2D eigenvalue weighted by Gasteiger charge is -2.09. The molecule has 0 saturated heterocycles. The van der Waals surface area contributed by atoms with Crippen molar-refractivity contribution >= 4 is 38.6 Å². The van der Waals surface area contributed by atoms with Crippen LogP contribution >= 0.6 is 22.9 Å². The Labute approximate surface area is 123 Å². The lowest BCUT2D eigenvalue weighted by Crippen LogP contribution is -2.13. The largest absolute Gasteiger partial charge is 0.326 e. The van der Waals surface area contributed by atoms with Crippen LogP contribution in [0.4, 0.5) is 14.5 Å². The minimum atomic E-state index is -3.99. The molecule has 0 aliphatic rings. The van der Waals surface area contributed by atoms with Gasteiger partial charge in [0.1, 0.15) is 15.7 Å². The van der Waals surface area contributed by atoms with Crippen molar-refractivity contribution in [1.82, 2.24) is 0 Å². The first-order valence-electron chi connectivity index (χ1n) is 5.28. The molecule has 0 atom stereocenters. The second-order valence-electron chi connectivity index (χ2n) is 3.83. The summed E-state index contributed by atoms with van der Waals surface area (Å²) in [4.78, 5) is 0. The minimum Gasteiger partial charge on any atom is -0.326 e. The molecule has 0 unspecified atom stereocenters. The summed E-state index contributed by atoms with van der Waals surface area (Å²) in [6, 6.07) is 2.74. The summed E-state index contributed by atoms with van der Waals surface area (Å²) in [5, 5.41) is 1.22. The third-order valence-electron chi connectivity index (χ3n) is 2.37. The van der Waals surface area contributed by atoms with E-state index in [4.69, 9.17) is 17.3 Å². The van der Waals surface area contributed by atoms with Gasteiger partial charge in [-0.1, -0.05) is 11.6 Å². The Morgan fingerprint density at radius 2 is 2.00 bits per heavy atom. The zero-order chi connectivity index (χ0) is 14.9. The summed E-state index contributed by atoms with van der Waals surface area (Å²) in [7, 11) is -3.99. The van der Waals surface area contributed by atoms with Gasteiger partial charge in [-0.25, -0.2) is 17.2 Å². The van der Waals surface area contributed by atoms with Crippen molar-refractivity contribution in [2.45, 2.75) is 10.8 Å². The lowest BCUT2D eigenvalue weighted by atomic mass is 10.3. The molecule has 0 fully saturated rings. The second-order valence-corrected chi connectivity index (χ2v) is 7.06. The zero-order valence-corrected chi connectivity index (χ0v) is 12.2. The molecule has 2 aromatic rings. The van der Waals surface area contributed by atoms with Gasteiger partial charge in [0, 0.05) is 12.6 Å². The molecule has 0 saturated carbocycles. The highest BCUT2D eigenvalue weighted by atomic mass is 35.5. The summed E-state index contributed by atoms with van der Waals surface area (Å²) >= 11 is 6.58. The molecule has 1 aromatic heterocycles. The van der Waals surface area contributed by atoms with Crippen molar-refractivity contribution in [2.75, 3.05) is 4.72 Å². The average molecular weight is 339 g/mol. The predicted molar refractivity (Wildman–Crippen MR) is 74.4 cm³/mol. The van der Waals surface area contributed by atoms with Gasteiger partial charge in [0.15, 0.2) is 5.82 Å². The normalized spacial score (nSPS) is 11.6. The third kappa shape index (κ3) is 3.09. The number of rotatable bonds is 4. The molecule has 0 amide bonds. The molecule has 4 nitrogen and oxygen atoms in total. The van der Waals surface area contributed by atoms with E-state index in [9.17, 15) is 17.2 Å². The average Bonchev–Trinajstić information content (AvgIpc) is 2.83. The van der Waals surface area contributed by atoms with Gasteiger partial charge in [0.05, 0.1) is 5.02 Å². The fraction of sp³-hybridized carbons (Fsp3) is 0.0909. The molecular weight excluding hydrogens is 330 g/mol. The molecule has 3 N–H and O–H groups in total. The summed E-state index contributed by atoms with van der Waals surface area (Å²) < 4.78 is 52.6. The molecule has 20 heavy (non-hydrogen) atoms. The number of anilines is 1. The Kier molecular flexibility index (Phi) is 4.28. The van der Waals surface area contributed by atoms with Gasteiger partial charge in [-0.15, -0.1) is 11.3 Å². The van der Waals surface area contributed by atoms with Crippen LogP contribution in [0.1, 0.15) is 5.56 Å². The van der Waals surface area contributed by atoms with Gasteiger partial charge in [-0.2, -0.15) is 0 Å². The number of hydrogen-bond acceptors (Lipinski definition) is 4. The van der Waals surface area contributed by atoms with E-state index in [0.717, 1.165) is 17.4 Å². The van der Waals surface area contributed by atoms with E-state index in [-0.39, 0.29) is 15.8 Å². The maximum absolute atomic E-state index is 13.6. The molecule has 2 rings (SSSR count). The van der Waals surface area contributed by atoms with Crippen LogP contribution in [-0.4, -0.2) is 8.42 Å². The molecule has 1 heterocycles. The standard InChI is InChI=1S/C11H9ClF2N2O2S2/c12-8-2-7(13)3-9(14)11(8)16-20(17,18)10-1-6(4-15)5-19-10/h1-3,5,16H,4,15H2. The minimum absolute atomic E-state index is 0.0299. The monoisotopic (exact) mass is 338 g/mol. The molecule has 1 aromatic carbocycles. The Morgan fingerprint density at radius 1 is 1.30 bits per heavy atom. The van der Waals surface area contributed by atoms with Crippen molar-refractivity contribution in [3.63, 3.8) is 0 Å². The van der Waals surface area contributed by atoms with Crippen LogP contribution in [0, 0.1) is 11.6 Å². The highest BCUT2D eigenvalue weighted by Crippen LogP contribution is 2.30. The highest BCUT2D eigenvalue weighted by molar-refractivity contribution is 7.94. The van der Waals surface area contributed by atoms with Gasteiger partial charge in [0.25, 0.3) is 10.0 Å².